The maximum Gasteiger partial charge on any atom is 0.333 e. The van der Waals surface area contributed by atoms with E-state index in [0.717, 1.165) is 12.0 Å². The van der Waals surface area contributed by atoms with Crippen molar-refractivity contribution in [3.8, 4) is 0 Å². The molecule has 0 saturated carbocycles. The van der Waals surface area contributed by atoms with Gasteiger partial charge in [0.1, 0.15) is 6.61 Å². The third kappa shape index (κ3) is 2.38. The quantitative estimate of drug-likeness (QED) is 0.471. The van der Waals surface area contributed by atoms with E-state index < -0.39 is 0 Å². The lowest BCUT2D eigenvalue weighted by Crippen LogP contribution is -2.06. The minimum atomic E-state index is -0.323. The zero-order valence-electron chi connectivity index (χ0n) is 7.17. The van der Waals surface area contributed by atoms with E-state index in [2.05, 4.69) is 6.58 Å². The first-order valence-corrected chi connectivity index (χ1v) is 3.88. The maximum atomic E-state index is 10.9. The second-order valence-electron chi connectivity index (χ2n) is 2.77. The van der Waals surface area contributed by atoms with Crippen LogP contribution in [0.4, 0.5) is 0 Å². The Balaban J connectivity index is 2.30. The molecule has 0 unspecified atom stereocenters. The Kier molecular flexibility index (Phi) is 2.86. The van der Waals surface area contributed by atoms with Crippen molar-refractivity contribution in [2.45, 2.75) is 13.3 Å². The molecule has 0 spiro atoms. The molecule has 1 aliphatic carbocycles. The molecule has 0 bridgehead atoms. The summed E-state index contributed by atoms with van der Waals surface area (Å²) in [4.78, 5) is 10.9. The molecule has 1 aliphatic rings. The number of hydrogen-bond acceptors (Lipinski definition) is 2. The summed E-state index contributed by atoms with van der Waals surface area (Å²) in [6.45, 7) is 5.49. The molecule has 2 nitrogen and oxygen atoms in total. The molecule has 2 heteroatoms. The average Bonchev–Trinajstić information content (AvgIpc) is 2.51. The van der Waals surface area contributed by atoms with Gasteiger partial charge in [-0.3, -0.25) is 0 Å². The van der Waals surface area contributed by atoms with Gasteiger partial charge in [0.2, 0.25) is 0 Å². The lowest BCUT2D eigenvalue weighted by molar-refractivity contribution is -0.137. The van der Waals surface area contributed by atoms with Crippen LogP contribution in [0, 0.1) is 0 Å². The van der Waals surface area contributed by atoms with Crippen molar-refractivity contribution in [2.24, 2.45) is 0 Å². The van der Waals surface area contributed by atoms with E-state index in [4.69, 9.17) is 4.74 Å². The molecular weight excluding hydrogens is 152 g/mol. The van der Waals surface area contributed by atoms with Crippen LogP contribution < -0.4 is 0 Å². The monoisotopic (exact) mass is 164 g/mol. The third-order valence-electron chi connectivity index (χ3n) is 1.57. The van der Waals surface area contributed by atoms with Crippen LogP contribution >= 0.6 is 0 Å². The highest BCUT2D eigenvalue weighted by molar-refractivity contribution is 5.87. The Bertz CT molecular complexity index is 259. The normalized spacial score (nSPS) is 14.2. The largest absolute Gasteiger partial charge is 0.457 e. The molecule has 0 aromatic rings. The van der Waals surface area contributed by atoms with Crippen LogP contribution in [0.15, 0.2) is 36.0 Å². The van der Waals surface area contributed by atoms with Gasteiger partial charge in [0.25, 0.3) is 0 Å². The van der Waals surface area contributed by atoms with Crippen LogP contribution in [-0.2, 0) is 9.53 Å². The third-order valence-corrected chi connectivity index (χ3v) is 1.57. The highest BCUT2D eigenvalue weighted by Crippen LogP contribution is 2.09. The summed E-state index contributed by atoms with van der Waals surface area (Å²) in [6.07, 6.45) is 6.97. The van der Waals surface area contributed by atoms with Crippen molar-refractivity contribution in [1.82, 2.24) is 0 Å². The number of carbonyl (C=O) groups excluding carboxylic acids is 1. The smallest absolute Gasteiger partial charge is 0.333 e. The van der Waals surface area contributed by atoms with Crippen LogP contribution in [0.3, 0.4) is 0 Å². The van der Waals surface area contributed by atoms with Crippen LogP contribution in [0.1, 0.15) is 13.3 Å². The molecule has 0 heterocycles. The van der Waals surface area contributed by atoms with Crippen molar-refractivity contribution in [3.63, 3.8) is 0 Å². The van der Waals surface area contributed by atoms with Crippen molar-refractivity contribution < 1.29 is 9.53 Å². The summed E-state index contributed by atoms with van der Waals surface area (Å²) in [5.74, 6) is -0.323. The molecule has 0 N–H and O–H groups in total. The summed E-state index contributed by atoms with van der Waals surface area (Å²) in [5.41, 5.74) is 1.50. The summed E-state index contributed by atoms with van der Waals surface area (Å²) >= 11 is 0. The van der Waals surface area contributed by atoms with Crippen molar-refractivity contribution >= 4 is 5.97 Å². The average molecular weight is 164 g/mol. The Labute approximate surface area is 72.2 Å². The Morgan fingerprint density at radius 2 is 2.50 bits per heavy atom. The van der Waals surface area contributed by atoms with Crippen molar-refractivity contribution in [2.75, 3.05) is 6.61 Å². The van der Waals surface area contributed by atoms with Crippen LogP contribution in [-0.4, -0.2) is 12.6 Å². The van der Waals surface area contributed by atoms with Gasteiger partial charge in [-0.05, 0) is 18.9 Å². The van der Waals surface area contributed by atoms with Gasteiger partial charge in [0, 0.05) is 5.57 Å². The number of rotatable bonds is 3. The summed E-state index contributed by atoms with van der Waals surface area (Å²) in [6, 6.07) is 0. The van der Waals surface area contributed by atoms with Crippen LogP contribution in [0.5, 0.6) is 0 Å². The molecule has 0 radical (unpaired) electrons. The summed E-state index contributed by atoms with van der Waals surface area (Å²) < 4.78 is 4.93. The fourth-order valence-corrected chi connectivity index (χ4v) is 0.886. The summed E-state index contributed by atoms with van der Waals surface area (Å²) in [7, 11) is 0. The van der Waals surface area contributed by atoms with Gasteiger partial charge in [-0.25, -0.2) is 4.79 Å². The van der Waals surface area contributed by atoms with Gasteiger partial charge in [-0.1, -0.05) is 24.8 Å². The van der Waals surface area contributed by atoms with Gasteiger partial charge in [-0.15, -0.1) is 0 Å². The minimum Gasteiger partial charge on any atom is -0.457 e. The first kappa shape index (κ1) is 8.78. The Hall–Kier alpha value is -1.31. The number of hydrogen-bond donors (Lipinski definition) is 0. The molecule has 1 rings (SSSR count). The standard InChI is InChI=1S/C10H12O2/c1-8(2)10(11)12-7-9-5-3-4-6-9/h3,5-6H,1,4,7H2,2H3. The van der Waals surface area contributed by atoms with E-state index in [1.807, 2.05) is 18.2 Å². The predicted octanol–water partition coefficient (Wildman–Crippen LogP) is 1.99. The fraction of sp³-hybridized carbons (Fsp3) is 0.300. The van der Waals surface area contributed by atoms with E-state index in [0.29, 0.717) is 12.2 Å². The molecule has 0 fully saturated rings. The molecule has 0 aliphatic heterocycles. The van der Waals surface area contributed by atoms with Crippen LogP contribution in [0.2, 0.25) is 0 Å². The van der Waals surface area contributed by atoms with Gasteiger partial charge in [0.05, 0.1) is 0 Å². The molecule has 0 aromatic carbocycles. The van der Waals surface area contributed by atoms with Gasteiger partial charge in [-0.2, -0.15) is 0 Å². The van der Waals surface area contributed by atoms with Crippen molar-refractivity contribution in [1.29, 1.82) is 0 Å². The molecule has 64 valence electrons. The SMILES string of the molecule is C=C(C)C(=O)OCC1=CCC=C1. The van der Waals surface area contributed by atoms with Crippen molar-refractivity contribution in [3.05, 3.63) is 36.0 Å². The second-order valence-corrected chi connectivity index (χ2v) is 2.77. The first-order chi connectivity index (χ1) is 5.70. The second kappa shape index (κ2) is 3.90. The molecule has 0 atom stereocenters. The van der Waals surface area contributed by atoms with E-state index in [9.17, 15) is 4.79 Å². The van der Waals surface area contributed by atoms with Crippen LogP contribution in [0.25, 0.3) is 0 Å². The van der Waals surface area contributed by atoms with Gasteiger partial charge in [0.15, 0.2) is 0 Å². The van der Waals surface area contributed by atoms with Gasteiger partial charge < -0.3 is 4.74 Å². The highest BCUT2D eigenvalue weighted by Gasteiger charge is 2.04. The van der Waals surface area contributed by atoms with Gasteiger partial charge >= 0.3 is 5.97 Å². The lowest BCUT2D eigenvalue weighted by Gasteiger charge is -2.02. The number of carbonyl (C=O) groups is 1. The number of esters is 1. The minimum absolute atomic E-state index is 0.323. The fourth-order valence-electron chi connectivity index (χ4n) is 0.886. The molecule has 12 heavy (non-hydrogen) atoms. The first-order valence-electron chi connectivity index (χ1n) is 3.88. The van der Waals surface area contributed by atoms with E-state index in [1.54, 1.807) is 6.92 Å². The topological polar surface area (TPSA) is 26.3 Å². The summed E-state index contributed by atoms with van der Waals surface area (Å²) in [5, 5.41) is 0. The van der Waals surface area contributed by atoms with E-state index in [-0.39, 0.29) is 5.97 Å². The molecular formula is C10H12O2. The molecule has 0 saturated heterocycles. The Morgan fingerprint density at radius 3 is 3.00 bits per heavy atom. The molecule has 0 aromatic heterocycles. The zero-order valence-corrected chi connectivity index (χ0v) is 7.17. The predicted molar refractivity (Wildman–Crippen MR) is 47.6 cm³/mol. The van der Waals surface area contributed by atoms with E-state index >= 15 is 0 Å². The highest BCUT2D eigenvalue weighted by atomic mass is 16.5. The molecule has 0 amide bonds. The Morgan fingerprint density at radius 1 is 1.75 bits per heavy atom. The number of ether oxygens (including phenoxy) is 1. The maximum absolute atomic E-state index is 10.9. The lowest BCUT2D eigenvalue weighted by atomic mass is 10.3. The zero-order chi connectivity index (χ0) is 8.97. The number of allylic oxidation sites excluding steroid dienone is 2. The van der Waals surface area contributed by atoms with E-state index in [1.165, 1.54) is 0 Å².